The Morgan fingerprint density at radius 1 is 1.00 bits per heavy atom. The van der Waals surface area contributed by atoms with Crippen molar-refractivity contribution in [1.82, 2.24) is 9.97 Å². The van der Waals surface area contributed by atoms with Crippen LogP contribution in [-0.4, -0.2) is 28.3 Å². The van der Waals surface area contributed by atoms with Gasteiger partial charge in [-0.05, 0) is 31.0 Å². The van der Waals surface area contributed by atoms with Gasteiger partial charge in [-0.2, -0.15) is 0 Å². The van der Waals surface area contributed by atoms with Gasteiger partial charge in [0.1, 0.15) is 17.5 Å². The Morgan fingerprint density at radius 2 is 1.76 bits per heavy atom. The molecule has 1 aliphatic heterocycles. The SMILES string of the molecule is NC(=O)c1cnc(Nc2ccc(N3CCCCC3=O)cn2)cc1NCc1cc(F)c(F)cc1F. The third-order valence-electron chi connectivity index (χ3n) is 5.37. The Bertz CT molecular complexity index is 1240. The minimum absolute atomic E-state index is 0.0282. The number of nitrogens with one attached hydrogen (secondary N) is 2. The maximum Gasteiger partial charge on any atom is 0.252 e. The van der Waals surface area contributed by atoms with Crippen LogP contribution in [0.1, 0.15) is 35.2 Å². The average Bonchev–Trinajstić information content (AvgIpc) is 2.81. The molecule has 0 radical (unpaired) electrons. The normalized spacial score (nSPS) is 13.6. The number of rotatable bonds is 7. The highest BCUT2D eigenvalue weighted by molar-refractivity contribution is 5.98. The van der Waals surface area contributed by atoms with E-state index in [1.807, 2.05) is 0 Å². The smallest absolute Gasteiger partial charge is 0.252 e. The van der Waals surface area contributed by atoms with Gasteiger partial charge in [0.15, 0.2) is 11.6 Å². The first-order chi connectivity index (χ1) is 16.3. The molecule has 34 heavy (non-hydrogen) atoms. The highest BCUT2D eigenvalue weighted by Crippen LogP contribution is 2.25. The van der Waals surface area contributed by atoms with E-state index in [1.54, 1.807) is 23.2 Å². The number of nitrogens with two attached hydrogens (primary N) is 1. The molecule has 4 rings (SSSR count). The standard InChI is InChI=1S/C23H21F3N6O2/c24-16-8-18(26)17(25)7-13(16)10-28-19-9-21(30-12-15(19)23(27)34)31-20-5-4-14(11-29-20)32-6-2-1-3-22(32)33/h4-5,7-9,11-12H,1-3,6,10H2,(H2,27,34)(H2,28,29,30,31). The number of pyridine rings is 2. The Hall–Kier alpha value is -4.15. The molecular weight excluding hydrogens is 449 g/mol. The largest absolute Gasteiger partial charge is 0.380 e. The van der Waals surface area contributed by atoms with Crippen LogP contribution in [0.15, 0.2) is 42.7 Å². The number of amides is 2. The van der Waals surface area contributed by atoms with Gasteiger partial charge in [-0.3, -0.25) is 9.59 Å². The molecule has 8 nitrogen and oxygen atoms in total. The minimum Gasteiger partial charge on any atom is -0.380 e. The van der Waals surface area contributed by atoms with E-state index < -0.39 is 23.4 Å². The van der Waals surface area contributed by atoms with Gasteiger partial charge in [-0.25, -0.2) is 23.1 Å². The van der Waals surface area contributed by atoms with Crippen molar-refractivity contribution in [2.45, 2.75) is 25.8 Å². The number of primary amides is 1. The number of carbonyl (C=O) groups is 2. The molecule has 1 aliphatic rings. The van der Waals surface area contributed by atoms with Crippen LogP contribution in [0.3, 0.4) is 0 Å². The molecule has 0 saturated carbocycles. The topological polar surface area (TPSA) is 113 Å². The second kappa shape index (κ2) is 9.77. The molecule has 0 aliphatic carbocycles. The van der Waals surface area contributed by atoms with Gasteiger partial charge < -0.3 is 21.3 Å². The van der Waals surface area contributed by atoms with Gasteiger partial charge in [0.25, 0.3) is 5.91 Å². The second-order valence-corrected chi connectivity index (χ2v) is 7.72. The van der Waals surface area contributed by atoms with Crippen LogP contribution in [-0.2, 0) is 11.3 Å². The number of nitrogens with zero attached hydrogens (tertiary/aromatic N) is 3. The molecule has 0 unspecified atom stereocenters. The van der Waals surface area contributed by atoms with Crippen molar-refractivity contribution in [3.05, 3.63) is 71.3 Å². The first kappa shape index (κ1) is 23.0. The highest BCUT2D eigenvalue weighted by atomic mass is 19.2. The number of hydrogen-bond acceptors (Lipinski definition) is 6. The summed E-state index contributed by atoms with van der Waals surface area (Å²) in [6.45, 7) is 0.417. The lowest BCUT2D eigenvalue weighted by atomic mass is 10.1. The molecule has 3 heterocycles. The predicted molar refractivity (Wildman–Crippen MR) is 120 cm³/mol. The third kappa shape index (κ3) is 5.08. The van der Waals surface area contributed by atoms with Crippen molar-refractivity contribution in [3.63, 3.8) is 0 Å². The molecule has 11 heteroatoms. The fourth-order valence-corrected chi connectivity index (χ4v) is 3.59. The molecule has 0 spiro atoms. The Labute approximate surface area is 193 Å². The molecule has 1 aromatic carbocycles. The summed E-state index contributed by atoms with van der Waals surface area (Å²) in [4.78, 5) is 34.0. The molecule has 0 bridgehead atoms. The van der Waals surface area contributed by atoms with Crippen LogP contribution in [0.5, 0.6) is 0 Å². The molecule has 1 fully saturated rings. The molecular formula is C23H21F3N6O2. The summed E-state index contributed by atoms with van der Waals surface area (Å²) in [5.41, 5.74) is 6.20. The number of anilines is 4. The van der Waals surface area contributed by atoms with E-state index in [2.05, 4.69) is 20.6 Å². The fraction of sp³-hybridized carbons (Fsp3) is 0.217. The summed E-state index contributed by atoms with van der Waals surface area (Å²) >= 11 is 0. The zero-order chi connectivity index (χ0) is 24.2. The average molecular weight is 470 g/mol. The summed E-state index contributed by atoms with van der Waals surface area (Å²) in [5.74, 6) is -3.40. The summed E-state index contributed by atoms with van der Waals surface area (Å²) < 4.78 is 40.6. The van der Waals surface area contributed by atoms with Crippen molar-refractivity contribution >= 4 is 34.8 Å². The van der Waals surface area contributed by atoms with E-state index in [4.69, 9.17) is 5.73 Å². The number of piperidine rings is 1. The second-order valence-electron chi connectivity index (χ2n) is 7.72. The van der Waals surface area contributed by atoms with Crippen LogP contribution in [0.4, 0.5) is 36.2 Å². The van der Waals surface area contributed by atoms with Crippen LogP contribution < -0.4 is 21.3 Å². The zero-order valence-corrected chi connectivity index (χ0v) is 17.9. The molecule has 176 valence electrons. The maximum absolute atomic E-state index is 14.0. The van der Waals surface area contributed by atoms with E-state index >= 15 is 0 Å². The molecule has 2 amide bonds. The Morgan fingerprint density at radius 3 is 2.47 bits per heavy atom. The van der Waals surface area contributed by atoms with Crippen molar-refractivity contribution < 1.29 is 22.8 Å². The van der Waals surface area contributed by atoms with E-state index in [9.17, 15) is 22.8 Å². The minimum atomic E-state index is -1.29. The van der Waals surface area contributed by atoms with Gasteiger partial charge in [-0.15, -0.1) is 0 Å². The van der Waals surface area contributed by atoms with Crippen LogP contribution in [0, 0.1) is 17.5 Å². The number of aromatic nitrogens is 2. The molecule has 4 N–H and O–H groups in total. The first-order valence-electron chi connectivity index (χ1n) is 10.5. The van der Waals surface area contributed by atoms with E-state index in [-0.39, 0.29) is 29.3 Å². The first-order valence-corrected chi connectivity index (χ1v) is 10.5. The van der Waals surface area contributed by atoms with E-state index in [0.717, 1.165) is 18.9 Å². The summed E-state index contributed by atoms with van der Waals surface area (Å²) in [6, 6.07) is 6.10. The lowest BCUT2D eigenvalue weighted by molar-refractivity contribution is -0.119. The van der Waals surface area contributed by atoms with Crippen LogP contribution in [0.2, 0.25) is 0 Å². The summed E-state index contributed by atoms with van der Waals surface area (Å²) in [7, 11) is 0. The molecule has 2 aromatic heterocycles. The van der Waals surface area contributed by atoms with Gasteiger partial charge in [0.05, 0.1) is 23.1 Å². The number of carbonyl (C=O) groups excluding carboxylic acids is 2. The van der Waals surface area contributed by atoms with Crippen LogP contribution >= 0.6 is 0 Å². The van der Waals surface area contributed by atoms with Crippen molar-refractivity contribution in [3.8, 4) is 0 Å². The van der Waals surface area contributed by atoms with E-state index in [1.165, 1.54) is 12.3 Å². The van der Waals surface area contributed by atoms with Crippen molar-refractivity contribution in [2.24, 2.45) is 5.73 Å². The van der Waals surface area contributed by atoms with Crippen molar-refractivity contribution in [2.75, 3.05) is 22.1 Å². The summed E-state index contributed by atoms with van der Waals surface area (Å²) in [5, 5.41) is 5.78. The van der Waals surface area contributed by atoms with Crippen LogP contribution in [0.25, 0.3) is 0 Å². The quantitative estimate of drug-likeness (QED) is 0.452. The van der Waals surface area contributed by atoms with E-state index in [0.29, 0.717) is 36.4 Å². The number of hydrogen-bond donors (Lipinski definition) is 3. The van der Waals surface area contributed by atoms with Gasteiger partial charge >= 0.3 is 0 Å². The lowest BCUT2D eigenvalue weighted by Crippen LogP contribution is -2.35. The Balaban J connectivity index is 1.51. The molecule has 3 aromatic rings. The molecule has 0 atom stereocenters. The monoisotopic (exact) mass is 470 g/mol. The lowest BCUT2D eigenvalue weighted by Gasteiger charge is -2.26. The van der Waals surface area contributed by atoms with Gasteiger partial charge in [0.2, 0.25) is 5.91 Å². The summed E-state index contributed by atoms with van der Waals surface area (Å²) in [6.07, 6.45) is 5.14. The predicted octanol–water partition coefficient (Wildman–Crippen LogP) is 3.87. The number of halogens is 3. The zero-order valence-electron chi connectivity index (χ0n) is 17.9. The number of benzene rings is 1. The van der Waals surface area contributed by atoms with Gasteiger partial charge in [0, 0.05) is 43.4 Å². The molecule has 1 saturated heterocycles. The van der Waals surface area contributed by atoms with Crippen molar-refractivity contribution in [1.29, 1.82) is 0 Å². The Kier molecular flexibility index (Phi) is 6.62. The highest BCUT2D eigenvalue weighted by Gasteiger charge is 2.20. The fourth-order valence-electron chi connectivity index (χ4n) is 3.59. The third-order valence-corrected chi connectivity index (χ3v) is 5.37. The maximum atomic E-state index is 14.0. The van der Waals surface area contributed by atoms with Gasteiger partial charge in [-0.1, -0.05) is 0 Å².